The van der Waals surface area contributed by atoms with Crippen LogP contribution < -0.4 is 5.32 Å². The first kappa shape index (κ1) is 16.1. The number of nitrogens with one attached hydrogen (secondary N) is 1. The van der Waals surface area contributed by atoms with Crippen LogP contribution in [0, 0.1) is 12.7 Å². The second-order valence-corrected chi connectivity index (χ2v) is 5.97. The van der Waals surface area contributed by atoms with Crippen LogP contribution in [0.5, 0.6) is 0 Å². The standard InChI is InChI=1S/C16H14FN5OS/c1-11-6-8-12(9-7-11)18-15(23)10-24-16-19-20-21-22(16)14-5-3-2-4-13(14)17/h2-9H,10H2,1H3,(H,18,23). The van der Waals surface area contributed by atoms with Crippen LogP contribution in [0.2, 0.25) is 0 Å². The minimum Gasteiger partial charge on any atom is -0.325 e. The number of amides is 1. The number of hydrogen-bond donors (Lipinski definition) is 1. The van der Waals surface area contributed by atoms with E-state index in [1.165, 1.54) is 10.7 Å². The molecule has 0 spiro atoms. The number of hydrogen-bond acceptors (Lipinski definition) is 5. The van der Waals surface area contributed by atoms with Crippen molar-refractivity contribution in [1.29, 1.82) is 0 Å². The van der Waals surface area contributed by atoms with Gasteiger partial charge in [0.05, 0.1) is 5.75 Å². The van der Waals surface area contributed by atoms with Gasteiger partial charge in [-0.1, -0.05) is 41.6 Å². The third-order valence-electron chi connectivity index (χ3n) is 3.19. The summed E-state index contributed by atoms with van der Waals surface area (Å²) in [5.41, 5.74) is 2.08. The van der Waals surface area contributed by atoms with Crippen LogP contribution in [0.15, 0.2) is 53.7 Å². The number of thioether (sulfide) groups is 1. The largest absolute Gasteiger partial charge is 0.325 e. The molecular formula is C16H14FN5OS. The van der Waals surface area contributed by atoms with Crippen molar-refractivity contribution in [3.05, 3.63) is 59.9 Å². The Balaban J connectivity index is 1.65. The maximum atomic E-state index is 13.8. The molecule has 1 amide bonds. The first-order chi connectivity index (χ1) is 11.6. The van der Waals surface area contributed by atoms with Gasteiger partial charge in [0.25, 0.3) is 0 Å². The quantitative estimate of drug-likeness (QED) is 0.721. The van der Waals surface area contributed by atoms with Gasteiger partial charge >= 0.3 is 0 Å². The molecule has 0 aliphatic carbocycles. The molecule has 24 heavy (non-hydrogen) atoms. The van der Waals surface area contributed by atoms with Crippen molar-refractivity contribution in [3.8, 4) is 5.69 Å². The van der Waals surface area contributed by atoms with Crippen LogP contribution in [-0.4, -0.2) is 31.9 Å². The molecule has 1 aromatic heterocycles. The van der Waals surface area contributed by atoms with E-state index >= 15 is 0 Å². The van der Waals surface area contributed by atoms with Gasteiger partial charge in [-0.15, -0.1) is 5.10 Å². The first-order valence-electron chi connectivity index (χ1n) is 7.16. The molecule has 0 aliphatic rings. The Kier molecular flexibility index (Phi) is 4.85. The number of halogens is 1. The first-order valence-corrected chi connectivity index (χ1v) is 8.14. The predicted octanol–water partition coefficient (Wildman–Crippen LogP) is 2.84. The molecule has 122 valence electrons. The topological polar surface area (TPSA) is 72.7 Å². The van der Waals surface area contributed by atoms with Crippen molar-refractivity contribution in [3.63, 3.8) is 0 Å². The predicted molar refractivity (Wildman–Crippen MR) is 89.6 cm³/mol. The molecule has 0 radical (unpaired) electrons. The molecular weight excluding hydrogens is 329 g/mol. The number of aryl methyl sites for hydroxylation is 1. The van der Waals surface area contributed by atoms with Crippen LogP contribution in [-0.2, 0) is 4.79 Å². The lowest BCUT2D eigenvalue weighted by molar-refractivity contribution is -0.113. The van der Waals surface area contributed by atoms with E-state index in [0.29, 0.717) is 5.16 Å². The molecule has 1 heterocycles. The number of para-hydroxylation sites is 1. The number of tetrazole rings is 1. The summed E-state index contributed by atoms with van der Waals surface area (Å²) in [6, 6.07) is 13.7. The maximum absolute atomic E-state index is 13.8. The molecule has 0 aliphatic heterocycles. The fourth-order valence-electron chi connectivity index (χ4n) is 2.01. The Morgan fingerprint density at radius 3 is 2.71 bits per heavy atom. The molecule has 3 aromatic rings. The van der Waals surface area contributed by atoms with Gasteiger partial charge in [0.2, 0.25) is 11.1 Å². The fraction of sp³-hybridized carbons (Fsp3) is 0.125. The zero-order valence-corrected chi connectivity index (χ0v) is 13.6. The Labute approximate surface area is 142 Å². The van der Waals surface area contributed by atoms with Crippen molar-refractivity contribution in [2.45, 2.75) is 12.1 Å². The van der Waals surface area contributed by atoms with E-state index in [0.717, 1.165) is 23.0 Å². The van der Waals surface area contributed by atoms with Gasteiger partial charge in [0.15, 0.2) is 0 Å². The Morgan fingerprint density at radius 2 is 1.96 bits per heavy atom. The molecule has 0 atom stereocenters. The molecule has 0 fully saturated rings. The lowest BCUT2D eigenvalue weighted by atomic mass is 10.2. The molecule has 1 N–H and O–H groups in total. The summed E-state index contributed by atoms with van der Waals surface area (Å²) in [6.07, 6.45) is 0. The molecule has 0 saturated carbocycles. The van der Waals surface area contributed by atoms with E-state index in [1.54, 1.807) is 18.2 Å². The minimum absolute atomic E-state index is 0.114. The average molecular weight is 343 g/mol. The van der Waals surface area contributed by atoms with Gasteiger partial charge in [0.1, 0.15) is 11.5 Å². The summed E-state index contributed by atoms with van der Waals surface area (Å²) in [4.78, 5) is 12.0. The van der Waals surface area contributed by atoms with Gasteiger partial charge < -0.3 is 5.32 Å². The third kappa shape index (κ3) is 3.77. The van der Waals surface area contributed by atoms with Crippen molar-refractivity contribution >= 4 is 23.4 Å². The van der Waals surface area contributed by atoms with E-state index < -0.39 is 5.82 Å². The zero-order valence-electron chi connectivity index (χ0n) is 12.8. The van der Waals surface area contributed by atoms with Crippen molar-refractivity contribution in [2.24, 2.45) is 0 Å². The van der Waals surface area contributed by atoms with Gasteiger partial charge in [-0.2, -0.15) is 4.68 Å². The zero-order chi connectivity index (χ0) is 16.9. The van der Waals surface area contributed by atoms with E-state index in [-0.39, 0.29) is 17.3 Å². The smallest absolute Gasteiger partial charge is 0.234 e. The monoisotopic (exact) mass is 343 g/mol. The number of anilines is 1. The molecule has 3 rings (SSSR count). The van der Waals surface area contributed by atoms with E-state index in [9.17, 15) is 9.18 Å². The lowest BCUT2D eigenvalue weighted by Gasteiger charge is -2.06. The molecule has 6 nitrogen and oxygen atoms in total. The summed E-state index contributed by atoms with van der Waals surface area (Å²) in [5, 5.41) is 14.3. The summed E-state index contributed by atoms with van der Waals surface area (Å²) < 4.78 is 15.1. The Bertz CT molecular complexity index is 850. The highest BCUT2D eigenvalue weighted by atomic mass is 32.2. The molecule has 0 unspecified atom stereocenters. The molecule has 8 heteroatoms. The summed E-state index contributed by atoms with van der Waals surface area (Å²) in [7, 11) is 0. The van der Waals surface area contributed by atoms with Crippen LogP contribution in [0.3, 0.4) is 0 Å². The average Bonchev–Trinajstić information content (AvgIpc) is 3.04. The number of carbonyl (C=O) groups excluding carboxylic acids is 1. The number of aromatic nitrogens is 4. The van der Waals surface area contributed by atoms with Crippen molar-refractivity contribution in [2.75, 3.05) is 11.1 Å². The minimum atomic E-state index is -0.434. The lowest BCUT2D eigenvalue weighted by Crippen LogP contribution is -2.14. The van der Waals surface area contributed by atoms with Gasteiger partial charge in [-0.3, -0.25) is 4.79 Å². The summed E-state index contributed by atoms with van der Waals surface area (Å²) in [6.45, 7) is 1.98. The van der Waals surface area contributed by atoms with Crippen LogP contribution in [0.1, 0.15) is 5.56 Å². The summed E-state index contributed by atoms with van der Waals surface area (Å²) in [5.74, 6) is -0.509. The Hall–Kier alpha value is -2.74. The highest BCUT2D eigenvalue weighted by Gasteiger charge is 2.14. The van der Waals surface area contributed by atoms with Crippen LogP contribution in [0.25, 0.3) is 5.69 Å². The fourth-order valence-corrected chi connectivity index (χ4v) is 2.69. The number of nitrogens with zero attached hydrogens (tertiary/aromatic N) is 4. The highest BCUT2D eigenvalue weighted by Crippen LogP contribution is 2.20. The van der Waals surface area contributed by atoms with Gasteiger partial charge in [-0.25, -0.2) is 4.39 Å². The van der Waals surface area contributed by atoms with E-state index in [2.05, 4.69) is 20.8 Å². The van der Waals surface area contributed by atoms with Crippen LogP contribution >= 0.6 is 11.8 Å². The number of carbonyl (C=O) groups is 1. The van der Waals surface area contributed by atoms with Crippen molar-refractivity contribution < 1.29 is 9.18 Å². The van der Waals surface area contributed by atoms with Crippen LogP contribution in [0.4, 0.5) is 10.1 Å². The molecule has 0 bridgehead atoms. The molecule has 2 aromatic carbocycles. The summed E-state index contributed by atoms with van der Waals surface area (Å²) >= 11 is 1.14. The second kappa shape index (κ2) is 7.22. The number of benzene rings is 2. The second-order valence-electron chi connectivity index (χ2n) is 5.03. The maximum Gasteiger partial charge on any atom is 0.234 e. The van der Waals surface area contributed by atoms with Gasteiger partial charge in [-0.05, 0) is 41.6 Å². The van der Waals surface area contributed by atoms with Crippen molar-refractivity contribution in [1.82, 2.24) is 20.2 Å². The third-order valence-corrected chi connectivity index (χ3v) is 4.11. The van der Waals surface area contributed by atoms with Gasteiger partial charge in [0, 0.05) is 5.69 Å². The molecule has 0 saturated heterocycles. The van der Waals surface area contributed by atoms with E-state index in [1.807, 2.05) is 31.2 Å². The van der Waals surface area contributed by atoms with E-state index in [4.69, 9.17) is 0 Å². The highest BCUT2D eigenvalue weighted by molar-refractivity contribution is 7.99. The SMILES string of the molecule is Cc1ccc(NC(=O)CSc2nnnn2-c2ccccc2F)cc1. The normalized spacial score (nSPS) is 10.6. The number of rotatable bonds is 5. The Morgan fingerprint density at radius 1 is 1.21 bits per heavy atom.